The molecule has 19 heavy (non-hydrogen) atoms. The molecule has 0 aromatic heterocycles. The van der Waals surface area contributed by atoms with Gasteiger partial charge in [-0.05, 0) is 37.0 Å². The van der Waals surface area contributed by atoms with Crippen molar-refractivity contribution in [3.63, 3.8) is 0 Å². The second-order valence-corrected chi connectivity index (χ2v) is 6.03. The van der Waals surface area contributed by atoms with E-state index >= 15 is 0 Å². The van der Waals surface area contributed by atoms with Gasteiger partial charge in [-0.2, -0.15) is 13.2 Å². The van der Waals surface area contributed by atoms with Crippen LogP contribution in [-0.4, -0.2) is 10.6 Å². The molecule has 5 heteroatoms. The molecule has 0 saturated heterocycles. The van der Waals surface area contributed by atoms with E-state index in [-0.39, 0.29) is 22.1 Å². The molecule has 1 aromatic carbocycles. The quantitative estimate of drug-likeness (QED) is 0.685. The minimum atomic E-state index is -4.34. The molecule has 2 unspecified atom stereocenters. The summed E-state index contributed by atoms with van der Waals surface area (Å²) in [7, 11) is 0. The Bertz CT molecular complexity index is 496. The molecule has 0 aliphatic heterocycles. The lowest BCUT2D eigenvalue weighted by molar-refractivity contribution is -0.138. The van der Waals surface area contributed by atoms with Crippen LogP contribution in [0, 0.1) is 6.92 Å². The molecular formula is C14H14BrF3O. The number of ketones is 1. The third-order valence-electron chi connectivity index (χ3n) is 3.56. The normalized spacial score (nSPS) is 24.6. The maximum Gasteiger partial charge on any atom is 0.416 e. The molecule has 1 aliphatic carbocycles. The zero-order chi connectivity index (χ0) is 14.2. The third kappa shape index (κ3) is 3.02. The number of hydrogen-bond donors (Lipinski definition) is 0. The summed E-state index contributed by atoms with van der Waals surface area (Å²) in [5.41, 5.74) is 0.240. The molecule has 1 aliphatic rings. The Balaban J connectivity index is 2.32. The van der Waals surface area contributed by atoms with E-state index < -0.39 is 11.7 Å². The van der Waals surface area contributed by atoms with Crippen molar-refractivity contribution in [1.29, 1.82) is 0 Å². The highest BCUT2D eigenvalue weighted by atomic mass is 79.9. The molecule has 2 rings (SSSR count). The predicted molar refractivity (Wildman–Crippen MR) is 70.5 cm³/mol. The SMILES string of the molecule is Cc1cc(C2CCCC(Br)C2=O)ccc1C(F)(F)F. The van der Waals surface area contributed by atoms with Crippen LogP contribution in [0.5, 0.6) is 0 Å². The molecule has 1 aromatic rings. The van der Waals surface area contributed by atoms with Crippen molar-refractivity contribution >= 4 is 21.7 Å². The first-order valence-corrected chi connectivity index (χ1v) is 7.08. The van der Waals surface area contributed by atoms with Crippen LogP contribution in [0.2, 0.25) is 0 Å². The number of halogens is 4. The van der Waals surface area contributed by atoms with Gasteiger partial charge in [0.05, 0.1) is 10.4 Å². The van der Waals surface area contributed by atoms with E-state index in [2.05, 4.69) is 15.9 Å². The fraction of sp³-hybridized carbons (Fsp3) is 0.500. The Morgan fingerprint density at radius 1 is 1.26 bits per heavy atom. The molecule has 0 amide bonds. The van der Waals surface area contributed by atoms with Crippen LogP contribution in [0.15, 0.2) is 18.2 Å². The highest BCUT2D eigenvalue weighted by Crippen LogP contribution is 2.37. The fourth-order valence-electron chi connectivity index (χ4n) is 2.56. The van der Waals surface area contributed by atoms with Crippen LogP contribution in [0.1, 0.15) is 41.9 Å². The number of carbonyl (C=O) groups is 1. The molecule has 1 saturated carbocycles. The van der Waals surface area contributed by atoms with Crippen molar-refractivity contribution in [2.75, 3.05) is 0 Å². The topological polar surface area (TPSA) is 17.1 Å². The molecule has 0 bridgehead atoms. The van der Waals surface area contributed by atoms with Gasteiger partial charge in [0, 0.05) is 5.92 Å². The van der Waals surface area contributed by atoms with Gasteiger partial charge in [-0.25, -0.2) is 0 Å². The van der Waals surface area contributed by atoms with E-state index in [4.69, 9.17) is 0 Å². The molecule has 104 valence electrons. The summed E-state index contributed by atoms with van der Waals surface area (Å²) in [6, 6.07) is 4.01. The number of hydrogen-bond acceptors (Lipinski definition) is 1. The van der Waals surface area contributed by atoms with Gasteiger partial charge in [0.2, 0.25) is 0 Å². The molecule has 0 radical (unpaired) electrons. The summed E-state index contributed by atoms with van der Waals surface area (Å²) in [5.74, 6) is -0.204. The predicted octanol–water partition coefficient (Wildman–Crippen LogP) is 4.61. The smallest absolute Gasteiger partial charge is 0.298 e. The first-order chi connectivity index (χ1) is 8.80. The molecule has 0 spiro atoms. The molecule has 1 nitrogen and oxygen atoms in total. The van der Waals surface area contributed by atoms with Crippen LogP contribution in [0.3, 0.4) is 0 Å². The number of aryl methyl sites for hydroxylation is 1. The van der Waals surface area contributed by atoms with Crippen molar-refractivity contribution in [2.24, 2.45) is 0 Å². The number of Topliss-reactive ketones (excluding diaryl/α,β-unsaturated/α-hetero) is 1. The highest BCUT2D eigenvalue weighted by molar-refractivity contribution is 9.10. The minimum Gasteiger partial charge on any atom is -0.298 e. The Morgan fingerprint density at radius 2 is 1.95 bits per heavy atom. The maximum absolute atomic E-state index is 12.7. The largest absolute Gasteiger partial charge is 0.416 e. The Morgan fingerprint density at radius 3 is 2.53 bits per heavy atom. The van der Waals surface area contributed by atoms with Crippen LogP contribution in [0.4, 0.5) is 13.2 Å². The van der Waals surface area contributed by atoms with E-state index in [0.29, 0.717) is 12.0 Å². The molecule has 2 atom stereocenters. The second kappa shape index (κ2) is 5.27. The van der Waals surface area contributed by atoms with Crippen molar-refractivity contribution in [3.05, 3.63) is 34.9 Å². The third-order valence-corrected chi connectivity index (χ3v) is 4.47. The van der Waals surface area contributed by atoms with E-state index in [1.54, 1.807) is 0 Å². The average Bonchev–Trinajstić information content (AvgIpc) is 2.31. The molecular weight excluding hydrogens is 321 g/mol. The fourth-order valence-corrected chi connectivity index (χ4v) is 3.20. The van der Waals surface area contributed by atoms with Crippen LogP contribution in [0.25, 0.3) is 0 Å². The highest BCUT2D eigenvalue weighted by Gasteiger charge is 2.34. The van der Waals surface area contributed by atoms with Gasteiger partial charge in [-0.15, -0.1) is 0 Å². The standard InChI is InChI=1S/C14H14BrF3O/c1-8-7-9(5-6-11(8)14(16,17)18)10-3-2-4-12(15)13(10)19/h5-7,10,12H,2-4H2,1H3. The van der Waals surface area contributed by atoms with E-state index in [1.807, 2.05) is 0 Å². The lowest BCUT2D eigenvalue weighted by atomic mass is 9.82. The number of carbonyl (C=O) groups excluding carboxylic acids is 1. The van der Waals surface area contributed by atoms with Gasteiger partial charge in [0.1, 0.15) is 0 Å². The van der Waals surface area contributed by atoms with Gasteiger partial charge in [0.25, 0.3) is 0 Å². The molecule has 1 fully saturated rings. The average molecular weight is 335 g/mol. The van der Waals surface area contributed by atoms with Crippen molar-refractivity contribution in [3.8, 4) is 0 Å². The molecule has 0 N–H and O–H groups in total. The van der Waals surface area contributed by atoms with Gasteiger partial charge < -0.3 is 0 Å². The molecule has 0 heterocycles. The van der Waals surface area contributed by atoms with Gasteiger partial charge in [0.15, 0.2) is 5.78 Å². The van der Waals surface area contributed by atoms with Crippen LogP contribution in [-0.2, 0) is 11.0 Å². The maximum atomic E-state index is 12.7. The lowest BCUT2D eigenvalue weighted by Crippen LogP contribution is -2.27. The summed E-state index contributed by atoms with van der Waals surface area (Å²) in [4.78, 5) is 11.9. The van der Waals surface area contributed by atoms with Gasteiger partial charge in [-0.3, -0.25) is 4.79 Å². The second-order valence-electron chi connectivity index (χ2n) is 4.93. The summed E-state index contributed by atoms with van der Waals surface area (Å²) >= 11 is 3.33. The van der Waals surface area contributed by atoms with Crippen molar-refractivity contribution in [2.45, 2.75) is 43.1 Å². The summed E-state index contributed by atoms with van der Waals surface area (Å²) in [6.07, 6.45) is -1.91. The van der Waals surface area contributed by atoms with Crippen LogP contribution >= 0.6 is 15.9 Å². The monoisotopic (exact) mass is 334 g/mol. The number of benzene rings is 1. The van der Waals surface area contributed by atoms with Gasteiger partial charge >= 0.3 is 6.18 Å². The first-order valence-electron chi connectivity index (χ1n) is 6.16. The summed E-state index contributed by atoms with van der Waals surface area (Å²) < 4.78 is 38.1. The lowest BCUT2D eigenvalue weighted by Gasteiger charge is -2.25. The minimum absolute atomic E-state index is 0.0745. The Labute approximate surface area is 118 Å². The summed E-state index contributed by atoms with van der Waals surface area (Å²) in [5, 5.41) is 0. The number of alkyl halides is 4. The van der Waals surface area contributed by atoms with Crippen molar-refractivity contribution < 1.29 is 18.0 Å². The summed E-state index contributed by atoms with van der Waals surface area (Å²) in [6.45, 7) is 1.44. The van der Waals surface area contributed by atoms with E-state index in [1.165, 1.54) is 19.1 Å². The number of rotatable bonds is 1. The van der Waals surface area contributed by atoms with Crippen LogP contribution < -0.4 is 0 Å². The Kier molecular flexibility index (Phi) is 4.04. The van der Waals surface area contributed by atoms with Gasteiger partial charge in [-0.1, -0.05) is 34.5 Å². The first kappa shape index (κ1) is 14.6. The van der Waals surface area contributed by atoms with E-state index in [0.717, 1.165) is 18.9 Å². The van der Waals surface area contributed by atoms with E-state index in [9.17, 15) is 18.0 Å². The zero-order valence-corrected chi connectivity index (χ0v) is 12.0. The van der Waals surface area contributed by atoms with Crippen molar-refractivity contribution in [1.82, 2.24) is 0 Å². The zero-order valence-electron chi connectivity index (χ0n) is 10.4. The Hall–Kier alpha value is -0.840.